The molecule has 0 aliphatic carbocycles. The number of hydroxylamine groups is 1. The van der Waals surface area contributed by atoms with Crippen LogP contribution in [0.3, 0.4) is 0 Å². The minimum atomic E-state index is -4.59. The van der Waals surface area contributed by atoms with Crippen molar-refractivity contribution in [1.82, 2.24) is 10.5 Å². The fraction of sp³-hybridized carbons (Fsp3) is 0.143. The van der Waals surface area contributed by atoms with Gasteiger partial charge in [-0.15, -0.1) is 5.48 Å². The number of amides is 1. The molecule has 1 aromatic heterocycles. The summed E-state index contributed by atoms with van der Waals surface area (Å²) in [6.45, 7) is -0.306. The Bertz CT molecular complexity index is 692. The quantitative estimate of drug-likeness (QED) is 0.734. The molecule has 0 radical (unpaired) electrons. The number of hydrogen-bond acceptors (Lipinski definition) is 5. The predicted octanol–water partition coefficient (Wildman–Crippen LogP) is 2.33. The third-order valence-corrected chi connectivity index (χ3v) is 2.57. The molecular formula is C14H12F3N3O3. The molecule has 1 amide bonds. The van der Waals surface area contributed by atoms with Crippen molar-refractivity contribution in [1.29, 1.82) is 0 Å². The van der Waals surface area contributed by atoms with Crippen molar-refractivity contribution in [2.24, 2.45) is 0 Å². The van der Waals surface area contributed by atoms with Gasteiger partial charge in [0.25, 0.3) is 0 Å². The maximum Gasteiger partial charge on any atom is 0.433 e. The molecule has 6 nitrogen and oxygen atoms in total. The Balaban J connectivity index is 1.85. The number of nitrogens with one attached hydrogen (secondary N) is 2. The smallest absolute Gasteiger partial charge is 0.433 e. The maximum absolute atomic E-state index is 12.5. The fourth-order valence-electron chi connectivity index (χ4n) is 1.60. The molecule has 1 aromatic carbocycles. The number of halogens is 3. The summed E-state index contributed by atoms with van der Waals surface area (Å²) in [7, 11) is 0. The topological polar surface area (TPSA) is 83.5 Å². The summed E-state index contributed by atoms with van der Waals surface area (Å²) in [5, 5.41) is 11.5. The van der Waals surface area contributed by atoms with Crippen LogP contribution in [0.1, 0.15) is 5.69 Å². The lowest BCUT2D eigenvalue weighted by Gasteiger charge is -2.10. The van der Waals surface area contributed by atoms with E-state index in [1.165, 1.54) is 18.2 Å². The van der Waals surface area contributed by atoms with Gasteiger partial charge in [-0.2, -0.15) is 13.2 Å². The van der Waals surface area contributed by atoms with E-state index in [1.807, 2.05) is 0 Å². The molecule has 0 bridgehead atoms. The molecule has 2 rings (SSSR count). The van der Waals surface area contributed by atoms with Gasteiger partial charge in [-0.05, 0) is 24.3 Å². The molecule has 3 N–H and O–H groups in total. The normalized spacial score (nSPS) is 11.1. The molecule has 23 heavy (non-hydrogen) atoms. The van der Waals surface area contributed by atoms with E-state index in [2.05, 4.69) is 15.8 Å². The number of rotatable bonds is 5. The number of aromatic hydroxyl groups is 1. The van der Waals surface area contributed by atoms with Crippen LogP contribution >= 0.6 is 0 Å². The van der Waals surface area contributed by atoms with Gasteiger partial charge in [0.1, 0.15) is 18.0 Å². The Morgan fingerprint density at radius 2 is 2.04 bits per heavy atom. The second-order valence-corrected chi connectivity index (χ2v) is 4.40. The zero-order valence-corrected chi connectivity index (χ0v) is 11.6. The Kier molecular flexibility index (Phi) is 5.02. The lowest BCUT2D eigenvalue weighted by molar-refractivity contribution is -0.141. The van der Waals surface area contributed by atoms with Gasteiger partial charge in [-0.25, -0.2) is 0 Å². The highest BCUT2D eigenvalue weighted by molar-refractivity contribution is 5.92. The summed E-state index contributed by atoms with van der Waals surface area (Å²) in [6, 6.07) is 7.83. The Labute approximate surface area is 128 Å². The van der Waals surface area contributed by atoms with Crippen LogP contribution in [0.25, 0.3) is 0 Å². The molecule has 2 aromatic rings. The Morgan fingerprint density at radius 1 is 1.26 bits per heavy atom. The van der Waals surface area contributed by atoms with Crippen molar-refractivity contribution in [2.45, 2.75) is 6.18 Å². The van der Waals surface area contributed by atoms with Crippen LogP contribution in [0, 0.1) is 0 Å². The number of carbonyl (C=O) groups excluding carboxylic acids is 1. The third kappa shape index (κ3) is 5.15. The van der Waals surface area contributed by atoms with E-state index in [4.69, 9.17) is 4.84 Å². The molecule has 0 atom stereocenters. The molecular weight excluding hydrogens is 315 g/mol. The summed E-state index contributed by atoms with van der Waals surface area (Å²) >= 11 is 0. The monoisotopic (exact) mass is 327 g/mol. The van der Waals surface area contributed by atoms with Crippen LogP contribution in [-0.2, 0) is 11.0 Å². The van der Waals surface area contributed by atoms with Gasteiger partial charge in [0.15, 0.2) is 5.75 Å². The minimum Gasteiger partial charge on any atom is -0.508 e. The number of benzene rings is 1. The van der Waals surface area contributed by atoms with Crippen LogP contribution in [0.2, 0.25) is 0 Å². The second-order valence-electron chi connectivity index (χ2n) is 4.40. The average molecular weight is 327 g/mol. The van der Waals surface area contributed by atoms with Gasteiger partial charge < -0.3 is 15.3 Å². The number of aromatic nitrogens is 1. The molecule has 0 spiro atoms. The third-order valence-electron chi connectivity index (χ3n) is 2.57. The van der Waals surface area contributed by atoms with Gasteiger partial charge in [0.05, 0.1) is 0 Å². The van der Waals surface area contributed by atoms with Gasteiger partial charge in [0.2, 0.25) is 5.91 Å². The van der Waals surface area contributed by atoms with E-state index in [0.717, 1.165) is 12.3 Å². The number of phenols is 1. The van der Waals surface area contributed by atoms with Crippen molar-refractivity contribution in [2.75, 3.05) is 11.9 Å². The molecule has 0 fully saturated rings. The molecule has 0 saturated carbocycles. The summed E-state index contributed by atoms with van der Waals surface area (Å²) in [5.74, 6) is -0.337. The van der Waals surface area contributed by atoms with Crippen molar-refractivity contribution in [3.8, 4) is 11.5 Å². The van der Waals surface area contributed by atoms with Crippen LogP contribution in [0.5, 0.6) is 11.5 Å². The molecule has 0 unspecified atom stereocenters. The van der Waals surface area contributed by atoms with E-state index in [0.29, 0.717) is 0 Å². The van der Waals surface area contributed by atoms with E-state index in [-0.39, 0.29) is 23.7 Å². The Morgan fingerprint density at radius 3 is 2.74 bits per heavy atom. The molecule has 0 aliphatic heterocycles. The van der Waals surface area contributed by atoms with Crippen molar-refractivity contribution in [3.63, 3.8) is 0 Å². The lowest BCUT2D eigenvalue weighted by atomic mass is 10.3. The highest BCUT2D eigenvalue weighted by Crippen LogP contribution is 2.28. The van der Waals surface area contributed by atoms with Crippen LogP contribution in [-0.4, -0.2) is 22.5 Å². The van der Waals surface area contributed by atoms with E-state index < -0.39 is 17.8 Å². The minimum absolute atomic E-state index is 0.00906. The van der Waals surface area contributed by atoms with Crippen molar-refractivity contribution < 1.29 is 27.9 Å². The number of nitrogens with zero attached hydrogens (tertiary/aromatic N) is 1. The number of alkyl halides is 3. The van der Waals surface area contributed by atoms with Crippen LogP contribution in [0.4, 0.5) is 18.9 Å². The summed E-state index contributed by atoms with van der Waals surface area (Å²) in [5.41, 5.74) is 1.20. The molecule has 0 saturated heterocycles. The average Bonchev–Trinajstić information content (AvgIpc) is 2.46. The first kappa shape index (κ1) is 16.6. The van der Waals surface area contributed by atoms with Crippen LogP contribution < -0.4 is 15.6 Å². The van der Waals surface area contributed by atoms with Crippen molar-refractivity contribution >= 4 is 11.6 Å². The SMILES string of the molecule is O=C(CNOc1cccc(O)c1)Nc1ccnc(C(F)(F)F)c1. The van der Waals surface area contributed by atoms with Gasteiger partial charge >= 0.3 is 6.18 Å². The molecule has 1 heterocycles. The largest absolute Gasteiger partial charge is 0.508 e. The number of phenolic OH excluding ortho intramolecular Hbond substituents is 1. The van der Waals surface area contributed by atoms with Gasteiger partial charge in [0, 0.05) is 18.0 Å². The van der Waals surface area contributed by atoms with Gasteiger partial charge in [-0.3, -0.25) is 9.78 Å². The number of carbonyl (C=O) groups is 1. The highest BCUT2D eigenvalue weighted by atomic mass is 19.4. The number of pyridine rings is 1. The molecule has 122 valence electrons. The highest BCUT2D eigenvalue weighted by Gasteiger charge is 2.32. The first-order chi connectivity index (χ1) is 10.8. The maximum atomic E-state index is 12.5. The zero-order valence-electron chi connectivity index (χ0n) is 11.6. The summed E-state index contributed by atoms with van der Waals surface area (Å²) in [4.78, 5) is 19.8. The summed E-state index contributed by atoms with van der Waals surface area (Å²) in [6.07, 6.45) is -3.63. The standard InChI is InChI=1S/C14H12F3N3O3/c15-14(16,17)12-6-9(4-5-18-12)20-13(22)8-19-23-11-3-1-2-10(21)7-11/h1-7,19,21H,8H2,(H,18,20,22). The van der Waals surface area contributed by atoms with E-state index >= 15 is 0 Å². The molecule has 0 aliphatic rings. The zero-order chi connectivity index (χ0) is 16.9. The fourth-order valence-corrected chi connectivity index (χ4v) is 1.60. The van der Waals surface area contributed by atoms with E-state index in [9.17, 15) is 23.1 Å². The first-order valence-electron chi connectivity index (χ1n) is 6.36. The predicted molar refractivity (Wildman–Crippen MR) is 74.6 cm³/mol. The van der Waals surface area contributed by atoms with E-state index in [1.54, 1.807) is 12.1 Å². The lowest BCUT2D eigenvalue weighted by Crippen LogP contribution is -2.30. The van der Waals surface area contributed by atoms with Crippen LogP contribution in [0.15, 0.2) is 42.6 Å². The Hall–Kier alpha value is -2.81. The second kappa shape index (κ2) is 6.97. The first-order valence-corrected chi connectivity index (χ1v) is 6.36. The van der Waals surface area contributed by atoms with Crippen molar-refractivity contribution in [3.05, 3.63) is 48.3 Å². The number of hydrogen-bond donors (Lipinski definition) is 3. The summed E-state index contributed by atoms with van der Waals surface area (Å²) < 4.78 is 37.5. The number of anilines is 1. The van der Waals surface area contributed by atoms with Gasteiger partial charge in [-0.1, -0.05) is 6.07 Å². The molecule has 9 heteroatoms.